The summed E-state index contributed by atoms with van der Waals surface area (Å²) in [7, 11) is 0. The van der Waals surface area contributed by atoms with Gasteiger partial charge in [0.15, 0.2) is 0 Å². The molecule has 0 unspecified atom stereocenters. The third-order valence-corrected chi connectivity index (χ3v) is 9.72. The molecular weight excluding hydrogens is 528 g/mol. The standard InChI is InChI=1S/C44H26/c1-3-13-34-30(9-1)25-40(37-16-6-5-15-36(34)37)32-21-19-29-24-33(22-20-28(29)23-32)41-26-31-10-2-4-14-35(31)43-38-17-7-11-27-12-8-18-39(42(27)38)44(41)43/h1-26H. The van der Waals surface area contributed by atoms with Gasteiger partial charge in [0.2, 0.25) is 0 Å². The lowest BCUT2D eigenvalue weighted by molar-refractivity contribution is 1.66. The van der Waals surface area contributed by atoms with E-state index in [9.17, 15) is 0 Å². The lowest BCUT2D eigenvalue weighted by Crippen LogP contribution is -1.89. The average molecular weight is 555 g/mol. The molecule has 0 aromatic heterocycles. The van der Waals surface area contributed by atoms with Gasteiger partial charge in [-0.15, -0.1) is 0 Å². The van der Waals surface area contributed by atoms with Crippen LogP contribution in [0.4, 0.5) is 0 Å². The molecule has 44 heavy (non-hydrogen) atoms. The highest BCUT2D eigenvalue weighted by molar-refractivity contribution is 6.24. The summed E-state index contributed by atoms with van der Waals surface area (Å²) in [5.74, 6) is 0. The number of hydrogen-bond donors (Lipinski definition) is 0. The molecule has 0 aliphatic heterocycles. The third-order valence-electron chi connectivity index (χ3n) is 9.72. The molecule has 0 amide bonds. The summed E-state index contributed by atoms with van der Waals surface area (Å²) >= 11 is 0. The summed E-state index contributed by atoms with van der Waals surface area (Å²) < 4.78 is 0. The van der Waals surface area contributed by atoms with Crippen LogP contribution in [-0.4, -0.2) is 0 Å². The van der Waals surface area contributed by atoms with Crippen molar-refractivity contribution in [2.75, 3.05) is 0 Å². The minimum absolute atomic E-state index is 1.25. The highest BCUT2D eigenvalue weighted by Crippen LogP contribution is 2.54. The predicted octanol–water partition coefficient (Wildman–Crippen LogP) is 12.4. The van der Waals surface area contributed by atoms with Crippen LogP contribution in [0.3, 0.4) is 0 Å². The van der Waals surface area contributed by atoms with Gasteiger partial charge < -0.3 is 0 Å². The molecule has 0 bridgehead atoms. The van der Waals surface area contributed by atoms with Crippen LogP contribution in [0.25, 0.3) is 98.4 Å². The molecule has 0 nitrogen and oxygen atoms in total. The van der Waals surface area contributed by atoms with Crippen molar-refractivity contribution in [2.45, 2.75) is 0 Å². The monoisotopic (exact) mass is 554 g/mol. The van der Waals surface area contributed by atoms with E-state index in [2.05, 4.69) is 158 Å². The minimum Gasteiger partial charge on any atom is -0.0616 e. The van der Waals surface area contributed by atoms with Gasteiger partial charge in [0.25, 0.3) is 0 Å². The molecule has 0 heteroatoms. The summed E-state index contributed by atoms with van der Waals surface area (Å²) in [5.41, 5.74) is 10.5. The van der Waals surface area contributed by atoms with E-state index in [1.54, 1.807) is 0 Å². The molecular formula is C44H26. The predicted molar refractivity (Wildman–Crippen MR) is 189 cm³/mol. The Kier molecular flexibility index (Phi) is 4.81. The second-order valence-electron chi connectivity index (χ2n) is 12.1. The Labute approximate surface area is 255 Å². The van der Waals surface area contributed by atoms with Crippen LogP contribution in [-0.2, 0) is 0 Å². The smallest absolute Gasteiger partial charge is 0.00137 e. The van der Waals surface area contributed by atoms with Crippen molar-refractivity contribution in [3.63, 3.8) is 0 Å². The fourth-order valence-electron chi connectivity index (χ4n) is 7.77. The topological polar surface area (TPSA) is 0 Å². The maximum Gasteiger partial charge on any atom is -0.00137 e. The van der Waals surface area contributed by atoms with E-state index in [0.29, 0.717) is 0 Å². The first-order valence-electron chi connectivity index (χ1n) is 15.4. The van der Waals surface area contributed by atoms with E-state index >= 15 is 0 Å². The molecule has 202 valence electrons. The van der Waals surface area contributed by atoms with Gasteiger partial charge in [-0.05, 0) is 123 Å². The van der Waals surface area contributed by atoms with Crippen LogP contribution in [0.15, 0.2) is 158 Å². The highest BCUT2D eigenvalue weighted by Gasteiger charge is 2.26. The molecule has 9 aromatic carbocycles. The maximum atomic E-state index is 2.40. The molecule has 10 rings (SSSR count). The summed E-state index contributed by atoms with van der Waals surface area (Å²) in [4.78, 5) is 0. The van der Waals surface area contributed by atoms with Gasteiger partial charge in [0.1, 0.15) is 0 Å². The number of benzene rings is 9. The normalized spacial score (nSPS) is 12.1. The van der Waals surface area contributed by atoms with Gasteiger partial charge >= 0.3 is 0 Å². The lowest BCUT2D eigenvalue weighted by atomic mass is 9.88. The quantitative estimate of drug-likeness (QED) is 0.186. The van der Waals surface area contributed by atoms with Crippen LogP contribution in [0.5, 0.6) is 0 Å². The van der Waals surface area contributed by atoms with Gasteiger partial charge in [-0.25, -0.2) is 0 Å². The van der Waals surface area contributed by atoms with Crippen molar-refractivity contribution in [1.82, 2.24) is 0 Å². The molecule has 0 saturated carbocycles. The fourth-order valence-corrected chi connectivity index (χ4v) is 7.77. The fraction of sp³-hybridized carbons (Fsp3) is 0. The van der Waals surface area contributed by atoms with Crippen LogP contribution in [0.1, 0.15) is 0 Å². The van der Waals surface area contributed by atoms with Gasteiger partial charge in [0.05, 0.1) is 0 Å². The van der Waals surface area contributed by atoms with Gasteiger partial charge in [-0.3, -0.25) is 0 Å². The highest BCUT2D eigenvalue weighted by atomic mass is 14.3. The third kappa shape index (κ3) is 3.28. The zero-order valence-corrected chi connectivity index (χ0v) is 24.0. The van der Waals surface area contributed by atoms with Crippen LogP contribution < -0.4 is 0 Å². The molecule has 0 fully saturated rings. The minimum atomic E-state index is 1.25. The number of hydrogen-bond acceptors (Lipinski definition) is 0. The Morgan fingerprint density at radius 1 is 0.250 bits per heavy atom. The van der Waals surface area contributed by atoms with Gasteiger partial charge in [-0.1, -0.05) is 133 Å². The zero-order chi connectivity index (χ0) is 28.8. The van der Waals surface area contributed by atoms with E-state index in [-0.39, 0.29) is 0 Å². The lowest BCUT2D eigenvalue weighted by Gasteiger charge is -2.15. The Morgan fingerprint density at radius 3 is 1.50 bits per heavy atom. The van der Waals surface area contributed by atoms with Crippen LogP contribution >= 0.6 is 0 Å². The first-order chi connectivity index (χ1) is 21.8. The van der Waals surface area contributed by atoms with E-state index in [0.717, 1.165) is 0 Å². The molecule has 0 saturated heterocycles. The summed E-state index contributed by atoms with van der Waals surface area (Å²) in [6, 6.07) is 58.5. The van der Waals surface area contributed by atoms with Crippen molar-refractivity contribution in [1.29, 1.82) is 0 Å². The largest absolute Gasteiger partial charge is 0.0616 e. The van der Waals surface area contributed by atoms with E-state index < -0.39 is 0 Å². The number of fused-ring (bicyclic) bond motifs is 9. The maximum absolute atomic E-state index is 2.40. The van der Waals surface area contributed by atoms with Crippen molar-refractivity contribution in [3.05, 3.63) is 158 Å². The molecule has 1 aliphatic rings. The summed E-state index contributed by atoms with van der Waals surface area (Å²) in [6.07, 6.45) is 0. The molecule has 0 heterocycles. The Bertz CT molecular complexity index is 2650. The first kappa shape index (κ1) is 23.8. The SMILES string of the molecule is c1ccc2c3c(c(-c4ccc5cc(-c6cc7ccccc7c7ccccc67)ccc5c4)cc2c1)-c1cccc2cccc-3c12. The van der Waals surface area contributed by atoms with E-state index in [4.69, 9.17) is 0 Å². The zero-order valence-electron chi connectivity index (χ0n) is 24.0. The Balaban J connectivity index is 1.18. The van der Waals surface area contributed by atoms with Crippen molar-refractivity contribution in [2.24, 2.45) is 0 Å². The van der Waals surface area contributed by atoms with Crippen LogP contribution in [0, 0.1) is 0 Å². The average Bonchev–Trinajstić information content (AvgIpc) is 3.43. The molecule has 0 atom stereocenters. The van der Waals surface area contributed by atoms with Crippen molar-refractivity contribution >= 4 is 53.9 Å². The summed E-state index contributed by atoms with van der Waals surface area (Å²) in [5, 5.41) is 13.0. The second kappa shape index (κ2) is 8.89. The van der Waals surface area contributed by atoms with E-state index in [1.165, 1.54) is 98.4 Å². The molecule has 0 N–H and O–H groups in total. The molecule has 9 aromatic rings. The first-order valence-corrected chi connectivity index (χ1v) is 15.4. The van der Waals surface area contributed by atoms with Gasteiger partial charge in [0, 0.05) is 0 Å². The Morgan fingerprint density at radius 2 is 0.773 bits per heavy atom. The van der Waals surface area contributed by atoms with Crippen LogP contribution in [0.2, 0.25) is 0 Å². The molecule has 0 spiro atoms. The van der Waals surface area contributed by atoms with Gasteiger partial charge in [-0.2, -0.15) is 0 Å². The Hall–Kier alpha value is -5.72. The summed E-state index contributed by atoms with van der Waals surface area (Å²) in [6.45, 7) is 0. The van der Waals surface area contributed by atoms with E-state index in [1.807, 2.05) is 0 Å². The van der Waals surface area contributed by atoms with Crippen molar-refractivity contribution in [3.8, 4) is 44.5 Å². The molecule has 1 aliphatic carbocycles. The molecule has 0 radical (unpaired) electrons. The number of rotatable bonds is 2. The second-order valence-corrected chi connectivity index (χ2v) is 12.1. The van der Waals surface area contributed by atoms with Crippen molar-refractivity contribution < 1.29 is 0 Å².